The average molecular weight is 411 g/mol. The Balaban J connectivity index is 2.20. The van der Waals surface area contributed by atoms with E-state index >= 15 is 0 Å². The third kappa shape index (κ3) is 9.18. The van der Waals surface area contributed by atoms with Gasteiger partial charge in [-0.3, -0.25) is 0 Å². The molecule has 1 aromatic rings. The van der Waals surface area contributed by atoms with Crippen LogP contribution in [0.25, 0.3) is 0 Å². The summed E-state index contributed by atoms with van der Waals surface area (Å²) in [5.74, 6) is -6.15. The predicted octanol–water partition coefficient (Wildman–Crippen LogP) is 5.00. The summed E-state index contributed by atoms with van der Waals surface area (Å²) in [7, 11) is -0.780. The van der Waals surface area contributed by atoms with E-state index in [9.17, 15) is 17.6 Å². The lowest BCUT2D eigenvalue weighted by Crippen LogP contribution is -2.28. The monoisotopic (exact) mass is 410 g/mol. The van der Waals surface area contributed by atoms with Gasteiger partial charge in [-0.15, -0.1) is 0 Å². The quantitative estimate of drug-likeness (QED) is 0.114. The second-order valence-corrected chi connectivity index (χ2v) is 8.46. The van der Waals surface area contributed by atoms with Gasteiger partial charge in [-0.25, -0.2) is 17.6 Å². The molecule has 0 fully saturated rings. The molecule has 0 spiro atoms. The van der Waals surface area contributed by atoms with Crippen molar-refractivity contribution < 1.29 is 31.5 Å². The smallest absolute Gasteiger partial charge is 0.262 e. The van der Waals surface area contributed by atoms with Crippen LogP contribution in [0.5, 0.6) is 0 Å². The molecule has 0 atom stereocenters. The van der Waals surface area contributed by atoms with Crippen LogP contribution in [0.3, 0.4) is 0 Å². The molecular weight excluding hydrogens is 380 g/mol. The van der Waals surface area contributed by atoms with Gasteiger partial charge >= 0.3 is 0 Å². The van der Waals surface area contributed by atoms with Crippen LogP contribution in [0.1, 0.15) is 58.9 Å². The topological polar surface area (TPSA) is 27.7 Å². The summed E-state index contributed by atoms with van der Waals surface area (Å²) in [6.07, 6.45) is 3.46. The Kier molecular flexibility index (Phi) is 11.1. The van der Waals surface area contributed by atoms with Gasteiger partial charge in [-0.1, -0.05) is 19.3 Å². The van der Waals surface area contributed by atoms with Gasteiger partial charge < -0.3 is 13.9 Å². The molecule has 1 rings (SSSR count). The number of rotatable bonds is 13. The van der Waals surface area contributed by atoms with Gasteiger partial charge in [-0.2, -0.15) is 0 Å². The van der Waals surface area contributed by atoms with Crippen molar-refractivity contribution in [3.63, 3.8) is 0 Å². The molecule has 0 unspecified atom stereocenters. The van der Waals surface area contributed by atoms with Gasteiger partial charge in [0, 0.05) is 0 Å². The van der Waals surface area contributed by atoms with Crippen LogP contribution in [0.15, 0.2) is 6.07 Å². The van der Waals surface area contributed by atoms with Gasteiger partial charge in [0.2, 0.25) is 0 Å². The SMILES string of the molecule is CC(C)OC(O[SiH2]CCCCCCc1cc(F)c(F)c(F)c1F)OC(C)C. The molecule has 0 aliphatic carbocycles. The number of benzene rings is 1. The fourth-order valence-electron chi connectivity index (χ4n) is 2.49. The summed E-state index contributed by atoms with van der Waals surface area (Å²) < 4.78 is 69.6. The molecule has 0 amide bonds. The van der Waals surface area contributed by atoms with Crippen molar-refractivity contribution in [2.24, 2.45) is 0 Å². The molecule has 0 saturated carbocycles. The summed E-state index contributed by atoms with van der Waals surface area (Å²) in [5, 5.41) is 0. The lowest BCUT2D eigenvalue weighted by atomic mass is 10.1. The molecule has 0 heterocycles. The average Bonchev–Trinajstić information content (AvgIpc) is 2.58. The second-order valence-electron chi connectivity index (χ2n) is 7.01. The minimum absolute atomic E-state index is 0.0179. The van der Waals surface area contributed by atoms with E-state index in [0.717, 1.165) is 31.4 Å². The Morgan fingerprint density at radius 1 is 0.815 bits per heavy atom. The van der Waals surface area contributed by atoms with Gasteiger partial charge in [0.1, 0.15) is 0 Å². The van der Waals surface area contributed by atoms with E-state index in [4.69, 9.17) is 13.9 Å². The Hall–Kier alpha value is -0.963. The summed E-state index contributed by atoms with van der Waals surface area (Å²) in [6, 6.07) is 1.69. The molecule has 0 N–H and O–H groups in total. The fourth-order valence-corrected chi connectivity index (χ4v) is 3.56. The van der Waals surface area contributed by atoms with Crippen LogP contribution in [-0.2, 0) is 20.3 Å². The van der Waals surface area contributed by atoms with Crippen molar-refractivity contribution in [3.05, 3.63) is 34.9 Å². The summed E-state index contributed by atoms with van der Waals surface area (Å²) >= 11 is 0. The number of halogens is 4. The standard InChI is InChI=1S/C19H30F4O3Si/c1-12(2)24-19(25-13(3)4)26-27-10-8-6-5-7-9-14-11-15(20)17(22)18(23)16(14)21/h11-13,19H,5-10,27H2,1-4H3. The summed E-state index contributed by atoms with van der Waals surface area (Å²) in [5.41, 5.74) is -0.122. The van der Waals surface area contributed by atoms with Gasteiger partial charge in [0.05, 0.1) is 12.2 Å². The maximum absolute atomic E-state index is 13.6. The molecular formula is C19H30F4O3Si. The zero-order valence-electron chi connectivity index (χ0n) is 16.5. The minimum atomic E-state index is -1.76. The van der Waals surface area contributed by atoms with Crippen LogP contribution < -0.4 is 0 Å². The number of hydrogen-bond donors (Lipinski definition) is 0. The molecule has 1 aromatic carbocycles. The van der Waals surface area contributed by atoms with Crippen LogP contribution >= 0.6 is 0 Å². The lowest BCUT2D eigenvalue weighted by molar-refractivity contribution is -0.275. The molecule has 8 heteroatoms. The molecule has 0 aromatic heterocycles. The highest BCUT2D eigenvalue weighted by Gasteiger charge is 2.18. The third-order valence-electron chi connectivity index (χ3n) is 3.79. The lowest BCUT2D eigenvalue weighted by Gasteiger charge is -2.23. The van der Waals surface area contributed by atoms with Crippen LogP contribution in [0.2, 0.25) is 6.04 Å². The number of ether oxygens (including phenoxy) is 2. The van der Waals surface area contributed by atoms with Crippen molar-refractivity contribution >= 4 is 9.76 Å². The zero-order valence-corrected chi connectivity index (χ0v) is 17.9. The first-order valence-corrected chi connectivity index (χ1v) is 11.0. The van der Waals surface area contributed by atoms with Gasteiger partial charge in [0.15, 0.2) is 33.0 Å². The highest BCUT2D eigenvalue weighted by Crippen LogP contribution is 2.20. The predicted molar refractivity (Wildman–Crippen MR) is 99.1 cm³/mol. The first kappa shape index (κ1) is 24.1. The largest absolute Gasteiger partial charge is 0.379 e. The van der Waals surface area contributed by atoms with E-state index in [1.165, 1.54) is 0 Å². The van der Waals surface area contributed by atoms with Crippen molar-refractivity contribution in [1.29, 1.82) is 0 Å². The molecule has 0 saturated heterocycles. The molecule has 27 heavy (non-hydrogen) atoms. The van der Waals surface area contributed by atoms with Gasteiger partial charge in [-0.05, 0) is 58.2 Å². The number of hydrogen-bond acceptors (Lipinski definition) is 3. The van der Waals surface area contributed by atoms with Crippen LogP contribution in [0, 0.1) is 23.3 Å². The van der Waals surface area contributed by atoms with E-state index < -0.39 is 39.5 Å². The zero-order chi connectivity index (χ0) is 20.4. The maximum Gasteiger partial charge on any atom is 0.262 e. The number of aryl methyl sites for hydroxylation is 1. The van der Waals surface area contributed by atoms with Crippen LogP contribution in [0.4, 0.5) is 17.6 Å². The van der Waals surface area contributed by atoms with E-state index in [-0.39, 0.29) is 24.2 Å². The molecule has 0 aliphatic heterocycles. The van der Waals surface area contributed by atoms with E-state index in [0.29, 0.717) is 6.42 Å². The highest BCUT2D eigenvalue weighted by atomic mass is 28.2. The molecule has 0 radical (unpaired) electrons. The summed E-state index contributed by atoms with van der Waals surface area (Å²) in [4.78, 5) is 0. The van der Waals surface area contributed by atoms with E-state index in [2.05, 4.69) is 0 Å². The van der Waals surface area contributed by atoms with Crippen molar-refractivity contribution in [2.45, 2.75) is 84.5 Å². The summed E-state index contributed by atoms with van der Waals surface area (Å²) in [6.45, 7) is 7.06. The Morgan fingerprint density at radius 2 is 1.41 bits per heavy atom. The first-order chi connectivity index (χ1) is 12.7. The second kappa shape index (κ2) is 12.5. The molecule has 3 nitrogen and oxygen atoms in total. The molecule has 0 aliphatic rings. The Morgan fingerprint density at radius 3 is 2.00 bits per heavy atom. The minimum Gasteiger partial charge on any atom is -0.379 e. The normalized spacial score (nSPS) is 12.4. The Bertz CT molecular complexity index is 560. The van der Waals surface area contributed by atoms with Crippen molar-refractivity contribution in [1.82, 2.24) is 0 Å². The highest BCUT2D eigenvalue weighted by molar-refractivity contribution is 6.27. The van der Waals surface area contributed by atoms with Crippen molar-refractivity contribution in [2.75, 3.05) is 0 Å². The number of unbranched alkanes of at least 4 members (excludes halogenated alkanes) is 3. The first-order valence-electron chi connectivity index (χ1n) is 9.46. The molecule has 0 bridgehead atoms. The molecule has 156 valence electrons. The van der Waals surface area contributed by atoms with E-state index in [1.54, 1.807) is 0 Å². The van der Waals surface area contributed by atoms with Gasteiger partial charge in [0.25, 0.3) is 6.48 Å². The van der Waals surface area contributed by atoms with E-state index in [1.807, 2.05) is 27.7 Å². The van der Waals surface area contributed by atoms with Crippen molar-refractivity contribution in [3.8, 4) is 0 Å². The third-order valence-corrected chi connectivity index (χ3v) is 5.09. The van der Waals surface area contributed by atoms with Crippen LogP contribution in [-0.4, -0.2) is 28.4 Å². The Labute approximate surface area is 161 Å². The fraction of sp³-hybridized carbons (Fsp3) is 0.684. The maximum atomic E-state index is 13.6.